The number of ketones is 1. The molecule has 1 saturated heterocycles. The summed E-state index contributed by atoms with van der Waals surface area (Å²) in [6.45, 7) is 7.62. The number of rotatable bonds is 14. The lowest BCUT2D eigenvalue weighted by molar-refractivity contribution is -0.346. The first-order valence-electron chi connectivity index (χ1n) is 24.3. The third kappa shape index (κ3) is 10.1. The number of ether oxygens (including phenoxy) is 6. The molecule has 2 bridgehead atoms. The van der Waals surface area contributed by atoms with Crippen LogP contribution < -0.4 is 23.5 Å². The summed E-state index contributed by atoms with van der Waals surface area (Å²) < 4.78 is 37.2. The van der Waals surface area contributed by atoms with Gasteiger partial charge in [-0.1, -0.05) is 111 Å². The Kier molecular flexibility index (Phi) is 16.3. The van der Waals surface area contributed by atoms with Gasteiger partial charge < -0.3 is 67.2 Å². The van der Waals surface area contributed by atoms with E-state index in [0.29, 0.717) is 11.1 Å². The zero-order valence-electron chi connectivity index (χ0n) is 42.0. The number of amides is 1. The average Bonchev–Trinajstić information content (AvgIpc) is 3.38. The predicted octanol–water partition coefficient (Wildman–Crippen LogP) is 1.35. The molecular formula is C56H60ClN2O16-. The number of nitrogens with one attached hydrogen (secondary N) is 1. The number of benzene rings is 4. The minimum atomic E-state index is -2.54. The normalized spacial score (nSPS) is 29.0. The molecule has 8 rings (SSSR count). The monoisotopic (exact) mass is 1050 g/mol. The van der Waals surface area contributed by atoms with E-state index in [4.69, 9.17) is 34.2 Å². The van der Waals surface area contributed by atoms with Crippen LogP contribution in [0.15, 0.2) is 132 Å². The fraction of sp³-hybridized carbons (Fsp3) is 0.411. The van der Waals surface area contributed by atoms with Gasteiger partial charge in [0.15, 0.2) is 29.7 Å². The lowest BCUT2D eigenvalue weighted by Gasteiger charge is -2.67. The van der Waals surface area contributed by atoms with Crippen molar-refractivity contribution >= 4 is 41.5 Å². The number of esters is 5. The van der Waals surface area contributed by atoms with Crippen LogP contribution in [0.4, 0.5) is 0 Å². The van der Waals surface area contributed by atoms with Gasteiger partial charge in [0.1, 0.15) is 30.0 Å². The van der Waals surface area contributed by atoms with Crippen molar-refractivity contribution in [3.05, 3.63) is 155 Å². The Morgan fingerprint density at radius 3 is 1.79 bits per heavy atom. The van der Waals surface area contributed by atoms with Crippen molar-refractivity contribution in [2.45, 2.75) is 120 Å². The van der Waals surface area contributed by atoms with Crippen LogP contribution in [0.25, 0.3) is 0 Å². The zero-order valence-corrected chi connectivity index (χ0v) is 42.8. The molecule has 1 aliphatic heterocycles. The van der Waals surface area contributed by atoms with E-state index in [1.54, 1.807) is 109 Å². The van der Waals surface area contributed by atoms with Gasteiger partial charge in [-0.2, -0.15) is 0 Å². The molecule has 3 unspecified atom stereocenters. The van der Waals surface area contributed by atoms with Crippen LogP contribution in [0.5, 0.6) is 0 Å². The van der Waals surface area contributed by atoms with E-state index in [1.165, 1.54) is 39.8 Å². The number of fused-ring (bicyclic) bond motifs is 5. The first-order chi connectivity index (χ1) is 35.1. The van der Waals surface area contributed by atoms with Crippen molar-refractivity contribution in [2.24, 2.45) is 22.5 Å². The van der Waals surface area contributed by atoms with E-state index >= 15 is 4.79 Å². The van der Waals surface area contributed by atoms with Crippen molar-refractivity contribution in [3.8, 4) is 0 Å². The van der Waals surface area contributed by atoms with E-state index in [-0.39, 0.29) is 41.1 Å². The molecule has 1 amide bonds. The van der Waals surface area contributed by atoms with Gasteiger partial charge in [-0.15, -0.1) is 0 Å². The third-order valence-electron chi connectivity index (χ3n) is 15.5. The summed E-state index contributed by atoms with van der Waals surface area (Å²) in [5, 5.41) is 40.2. The summed E-state index contributed by atoms with van der Waals surface area (Å²) in [6, 6.07) is 29.5. The van der Waals surface area contributed by atoms with Crippen LogP contribution in [0.3, 0.4) is 0 Å². The van der Waals surface area contributed by atoms with Crippen LogP contribution in [0.1, 0.15) is 98.3 Å². The van der Waals surface area contributed by atoms with Crippen molar-refractivity contribution in [3.63, 3.8) is 0 Å². The van der Waals surface area contributed by atoms with E-state index in [0.717, 1.165) is 13.8 Å². The molecule has 4 aromatic carbocycles. The second-order valence-corrected chi connectivity index (χ2v) is 20.1. The molecule has 398 valence electrons. The molecule has 3 fully saturated rings. The van der Waals surface area contributed by atoms with E-state index in [1.807, 2.05) is 0 Å². The molecule has 13 atom stereocenters. The van der Waals surface area contributed by atoms with E-state index < -0.39 is 137 Å². The maximum atomic E-state index is 16.3. The lowest BCUT2D eigenvalue weighted by atomic mass is 9.44. The van der Waals surface area contributed by atoms with Crippen molar-refractivity contribution in [2.75, 3.05) is 6.61 Å². The quantitative estimate of drug-likeness (QED) is 0.0678. The summed E-state index contributed by atoms with van der Waals surface area (Å²) in [6.07, 6.45) is -13.5. The first kappa shape index (κ1) is 55.9. The standard InChI is InChI=1S/C56H60N2O16.ClH/c1-30-37(71-52(67)44(62)42(34-21-13-8-14-22-34)58-49(64)35-23-15-9-16-24-35)28-56(68)48(73-50(65)36-25-17-10-18-26-36)46-54(6,47(63)45(70-31(2)59)40(30)53(56,4)5)38(27-39-55(46,29-69-39)74-32(3)60)72-51(66)43(61)41(57)33-19-11-7-12-20-33;/h7-26,37-39,41-46,48,61-62,68H,27-29,57H2,1-6H3,(H,58,64);1H/p-1/t37-,38-,39+,41?,42-,43?,44+,45+,46?,48-,54+,55-,56+;/m0./s1. The fourth-order valence-corrected chi connectivity index (χ4v) is 11.5. The maximum absolute atomic E-state index is 16.3. The second-order valence-electron chi connectivity index (χ2n) is 20.1. The SMILES string of the molecule is CC(=O)O[C@H]1C(=O)[C@@]2(C)C([C@H](OC(=O)c3ccccc3)[C@]3(O)C[C@H](OC(=O)[C@H](O)[C@@H](NC(=O)c4ccccc4)c4ccccc4)C(C)=C1C3(C)C)[C@]1(OC(C)=O)CO[C@@H]1C[C@@H]2OC(=O)C(O)C(N)c1ccccc1.[Cl-]. The molecule has 75 heavy (non-hydrogen) atoms. The smallest absolute Gasteiger partial charge is 0.338 e. The average molecular weight is 1050 g/mol. The Morgan fingerprint density at radius 2 is 1.25 bits per heavy atom. The lowest BCUT2D eigenvalue weighted by Crippen LogP contribution is -3.00. The van der Waals surface area contributed by atoms with Crippen LogP contribution in [-0.4, -0.2) is 117 Å². The van der Waals surface area contributed by atoms with Crippen LogP contribution >= 0.6 is 0 Å². The summed E-state index contributed by atoms with van der Waals surface area (Å²) >= 11 is 0. The largest absolute Gasteiger partial charge is 1.00 e. The van der Waals surface area contributed by atoms with Crippen LogP contribution in [0, 0.1) is 16.7 Å². The maximum Gasteiger partial charge on any atom is 0.338 e. The molecule has 1 heterocycles. The van der Waals surface area contributed by atoms with Gasteiger partial charge in [0.25, 0.3) is 5.91 Å². The number of halogens is 1. The van der Waals surface area contributed by atoms with Gasteiger partial charge in [-0.3, -0.25) is 19.2 Å². The minimum absolute atomic E-state index is 0. The number of nitrogens with two attached hydrogens (primary N) is 1. The third-order valence-corrected chi connectivity index (χ3v) is 15.5. The van der Waals surface area contributed by atoms with Gasteiger partial charge >= 0.3 is 29.8 Å². The van der Waals surface area contributed by atoms with Gasteiger partial charge in [-0.25, -0.2) is 14.4 Å². The molecule has 0 radical (unpaired) electrons. The van der Waals surface area contributed by atoms with Crippen LogP contribution in [-0.2, 0) is 52.4 Å². The summed E-state index contributed by atoms with van der Waals surface area (Å²) in [5.74, 6) is -8.74. The Balaban J connectivity index is 0.00000820. The molecule has 0 aromatic heterocycles. The molecule has 2 saturated carbocycles. The van der Waals surface area contributed by atoms with Crippen molar-refractivity contribution in [1.82, 2.24) is 5.32 Å². The number of hydrogen-bond donors (Lipinski definition) is 5. The highest BCUT2D eigenvalue weighted by Gasteiger charge is 2.79. The topological polar surface area (TPSA) is 274 Å². The number of aliphatic hydroxyl groups is 3. The molecule has 4 aromatic rings. The minimum Gasteiger partial charge on any atom is -1.00 e. The molecule has 4 aliphatic rings. The number of aliphatic hydroxyl groups excluding tert-OH is 2. The van der Waals surface area contributed by atoms with Gasteiger partial charge in [0, 0.05) is 37.7 Å². The molecule has 3 aliphatic carbocycles. The van der Waals surface area contributed by atoms with E-state index in [2.05, 4.69) is 5.32 Å². The van der Waals surface area contributed by atoms with E-state index in [9.17, 15) is 44.1 Å². The summed E-state index contributed by atoms with van der Waals surface area (Å²) in [5.41, 5.74) is -1.25. The molecule has 19 heteroatoms. The fourth-order valence-electron chi connectivity index (χ4n) is 11.5. The highest BCUT2D eigenvalue weighted by atomic mass is 35.5. The van der Waals surface area contributed by atoms with Gasteiger partial charge in [0.05, 0.1) is 35.6 Å². The van der Waals surface area contributed by atoms with Crippen LogP contribution in [0.2, 0.25) is 0 Å². The zero-order chi connectivity index (χ0) is 53.5. The second kappa shape index (κ2) is 21.8. The summed E-state index contributed by atoms with van der Waals surface area (Å²) in [7, 11) is 0. The Bertz CT molecular complexity index is 2830. The van der Waals surface area contributed by atoms with Gasteiger partial charge in [0.2, 0.25) is 0 Å². The molecule has 0 spiro atoms. The number of carbonyl (C=O) groups is 7. The molecular weight excluding hydrogens is 992 g/mol. The summed E-state index contributed by atoms with van der Waals surface area (Å²) in [4.78, 5) is 100. The number of hydrogen-bond acceptors (Lipinski definition) is 17. The Labute approximate surface area is 439 Å². The highest BCUT2D eigenvalue weighted by molar-refractivity contribution is 5.96. The number of Topliss-reactive ketones (excluding diaryl/α,β-unsaturated/α-hetero) is 1. The Hall–Kier alpha value is -6.80. The van der Waals surface area contributed by atoms with Gasteiger partial charge in [-0.05, 0) is 60.4 Å². The first-order valence-corrected chi connectivity index (χ1v) is 24.3. The molecule has 18 nitrogen and oxygen atoms in total. The molecule has 6 N–H and O–H groups in total. The van der Waals surface area contributed by atoms with Crippen molar-refractivity contribution in [1.29, 1.82) is 0 Å². The van der Waals surface area contributed by atoms with Crippen molar-refractivity contribution < 1.29 is 89.7 Å². The highest BCUT2D eigenvalue weighted by Crippen LogP contribution is 2.65. The number of carbonyl (C=O) groups excluding carboxylic acids is 7. The predicted molar refractivity (Wildman–Crippen MR) is 261 cm³/mol. The Morgan fingerprint density at radius 1 is 0.720 bits per heavy atom.